The number of hydrogen-bond donors (Lipinski definition) is 4. The number of hydrogen-bond acceptors (Lipinski definition) is 4. The highest BCUT2D eigenvalue weighted by molar-refractivity contribution is 5.98. The molecule has 0 heterocycles. The first-order valence-corrected chi connectivity index (χ1v) is 10.7. The summed E-state index contributed by atoms with van der Waals surface area (Å²) in [6.45, 7) is 1.47. The molecule has 2 aliphatic rings. The summed E-state index contributed by atoms with van der Waals surface area (Å²) in [7, 11) is 0. The van der Waals surface area contributed by atoms with E-state index in [4.69, 9.17) is 11.5 Å². The van der Waals surface area contributed by atoms with Crippen molar-refractivity contribution < 1.29 is 9.59 Å². The number of carbonyl (C=O) groups is 2. The molecule has 2 amide bonds. The molecule has 0 bridgehead atoms. The van der Waals surface area contributed by atoms with Crippen LogP contribution in [0.4, 0.5) is 0 Å². The fourth-order valence-corrected chi connectivity index (χ4v) is 4.40. The van der Waals surface area contributed by atoms with Gasteiger partial charge in [-0.25, -0.2) is 0 Å². The van der Waals surface area contributed by atoms with Crippen LogP contribution in [-0.2, 0) is 0 Å². The van der Waals surface area contributed by atoms with Gasteiger partial charge in [0.1, 0.15) is 0 Å². The molecular formula is C22H34N4O2. The fourth-order valence-electron chi connectivity index (χ4n) is 4.40. The average molecular weight is 387 g/mol. The van der Waals surface area contributed by atoms with Crippen molar-refractivity contribution in [1.82, 2.24) is 10.6 Å². The van der Waals surface area contributed by atoms with Crippen molar-refractivity contribution in [3.63, 3.8) is 0 Å². The molecule has 0 saturated heterocycles. The van der Waals surface area contributed by atoms with Crippen LogP contribution in [0.1, 0.15) is 72.1 Å². The molecule has 1 aromatic rings. The van der Waals surface area contributed by atoms with E-state index in [0.29, 0.717) is 23.0 Å². The lowest BCUT2D eigenvalue weighted by atomic mass is 9.86. The smallest absolute Gasteiger partial charge is 0.251 e. The van der Waals surface area contributed by atoms with Gasteiger partial charge in [0, 0.05) is 23.2 Å². The van der Waals surface area contributed by atoms with Crippen LogP contribution in [0.3, 0.4) is 0 Å². The molecule has 2 aliphatic carbocycles. The lowest BCUT2D eigenvalue weighted by molar-refractivity contribution is 0.0910. The number of benzene rings is 1. The van der Waals surface area contributed by atoms with Gasteiger partial charge < -0.3 is 22.1 Å². The van der Waals surface area contributed by atoms with Gasteiger partial charge in [-0.15, -0.1) is 0 Å². The van der Waals surface area contributed by atoms with E-state index in [1.165, 1.54) is 0 Å². The summed E-state index contributed by atoms with van der Waals surface area (Å²) in [4.78, 5) is 24.9. The summed E-state index contributed by atoms with van der Waals surface area (Å²) >= 11 is 0. The molecule has 6 heteroatoms. The largest absolute Gasteiger partial charge is 0.349 e. The molecule has 0 radical (unpaired) electrons. The zero-order valence-corrected chi connectivity index (χ0v) is 16.7. The zero-order chi connectivity index (χ0) is 19.9. The summed E-state index contributed by atoms with van der Waals surface area (Å²) in [6, 6.07) is 7.40. The Kier molecular flexibility index (Phi) is 7.45. The van der Waals surface area contributed by atoms with Crippen LogP contribution in [0.25, 0.3) is 0 Å². The molecule has 2 saturated carbocycles. The highest BCUT2D eigenvalue weighted by atomic mass is 16.2. The average Bonchev–Trinajstić information content (AvgIpc) is 2.75. The molecular weight excluding hydrogens is 352 g/mol. The van der Waals surface area contributed by atoms with Crippen molar-refractivity contribution in [3.8, 4) is 0 Å². The Morgan fingerprint density at radius 2 is 1.00 bits per heavy atom. The van der Waals surface area contributed by atoms with Crippen LogP contribution in [0.2, 0.25) is 0 Å². The Labute approximate surface area is 167 Å². The van der Waals surface area contributed by atoms with Crippen molar-refractivity contribution in [1.29, 1.82) is 0 Å². The molecule has 6 nitrogen and oxygen atoms in total. The Morgan fingerprint density at radius 3 is 1.29 bits per heavy atom. The van der Waals surface area contributed by atoms with Gasteiger partial charge in [0.25, 0.3) is 11.8 Å². The van der Waals surface area contributed by atoms with Gasteiger partial charge in [-0.1, -0.05) is 0 Å². The van der Waals surface area contributed by atoms with Crippen molar-refractivity contribution in [2.45, 2.75) is 63.5 Å². The number of nitrogens with two attached hydrogens (primary N) is 2. The highest BCUT2D eigenvalue weighted by Crippen LogP contribution is 2.24. The van der Waals surface area contributed by atoms with Gasteiger partial charge in [0.15, 0.2) is 0 Å². The fraction of sp³-hybridized carbons (Fsp3) is 0.636. The standard InChI is InChI=1S/C22H34N4O2/c23-13-15-1-9-19(10-2-15)25-21(27)17-5-7-18(8-6-17)22(28)26-20-11-3-16(14-24)4-12-20/h5-8,15-16,19-20H,1-4,9-14,23-24H2,(H,25,27)(H,26,28). The van der Waals surface area contributed by atoms with E-state index in [-0.39, 0.29) is 23.9 Å². The first-order chi connectivity index (χ1) is 13.6. The maximum Gasteiger partial charge on any atom is 0.251 e. The number of nitrogens with one attached hydrogen (secondary N) is 2. The van der Waals surface area contributed by atoms with E-state index in [9.17, 15) is 9.59 Å². The molecule has 6 N–H and O–H groups in total. The molecule has 0 spiro atoms. The molecule has 154 valence electrons. The van der Waals surface area contributed by atoms with Crippen LogP contribution >= 0.6 is 0 Å². The quantitative estimate of drug-likeness (QED) is 0.600. The lowest BCUT2D eigenvalue weighted by Gasteiger charge is -2.28. The van der Waals surface area contributed by atoms with Crippen LogP contribution in [0, 0.1) is 11.8 Å². The van der Waals surface area contributed by atoms with Crippen molar-refractivity contribution in [2.24, 2.45) is 23.3 Å². The van der Waals surface area contributed by atoms with Crippen molar-refractivity contribution in [3.05, 3.63) is 35.4 Å². The summed E-state index contributed by atoms with van der Waals surface area (Å²) in [5.41, 5.74) is 12.6. The minimum absolute atomic E-state index is 0.0664. The van der Waals surface area contributed by atoms with E-state index in [1.807, 2.05) is 0 Å². The third-order valence-corrected chi connectivity index (χ3v) is 6.44. The van der Waals surface area contributed by atoms with Crippen LogP contribution < -0.4 is 22.1 Å². The predicted molar refractivity (Wildman–Crippen MR) is 111 cm³/mol. The summed E-state index contributed by atoms with van der Waals surface area (Å²) in [6.07, 6.45) is 8.25. The molecule has 28 heavy (non-hydrogen) atoms. The van der Waals surface area contributed by atoms with E-state index < -0.39 is 0 Å². The van der Waals surface area contributed by atoms with Crippen LogP contribution in [-0.4, -0.2) is 37.0 Å². The van der Waals surface area contributed by atoms with E-state index in [1.54, 1.807) is 24.3 Å². The third kappa shape index (κ3) is 5.55. The topological polar surface area (TPSA) is 110 Å². The second-order valence-electron chi connectivity index (χ2n) is 8.43. The van der Waals surface area contributed by atoms with Crippen molar-refractivity contribution >= 4 is 11.8 Å². The SMILES string of the molecule is NCC1CCC(NC(=O)c2ccc(C(=O)NC3CCC(CN)CC3)cc2)CC1. The number of carbonyl (C=O) groups excluding carboxylic acids is 2. The lowest BCUT2D eigenvalue weighted by Crippen LogP contribution is -2.39. The number of amides is 2. The summed E-state index contributed by atoms with van der Waals surface area (Å²) in [5, 5.41) is 6.23. The predicted octanol–water partition coefficient (Wildman–Crippen LogP) is 2.18. The van der Waals surface area contributed by atoms with Gasteiger partial charge >= 0.3 is 0 Å². The maximum atomic E-state index is 12.5. The normalized spacial score (nSPS) is 27.8. The Hall–Kier alpha value is -1.92. The molecule has 1 aromatic carbocycles. The molecule has 0 aliphatic heterocycles. The molecule has 0 unspecified atom stereocenters. The van der Waals surface area contributed by atoms with E-state index in [0.717, 1.165) is 64.5 Å². The van der Waals surface area contributed by atoms with Gasteiger partial charge in [0.05, 0.1) is 0 Å². The first-order valence-electron chi connectivity index (χ1n) is 10.7. The number of rotatable bonds is 6. The minimum Gasteiger partial charge on any atom is -0.349 e. The molecule has 3 rings (SSSR count). The molecule has 0 aromatic heterocycles. The Balaban J connectivity index is 1.47. The summed E-state index contributed by atoms with van der Waals surface area (Å²) in [5.74, 6) is 1.05. The summed E-state index contributed by atoms with van der Waals surface area (Å²) < 4.78 is 0. The van der Waals surface area contributed by atoms with Gasteiger partial charge in [-0.05, 0) is 101 Å². The zero-order valence-electron chi connectivity index (χ0n) is 16.7. The van der Waals surface area contributed by atoms with E-state index >= 15 is 0 Å². The van der Waals surface area contributed by atoms with Crippen LogP contribution in [0.15, 0.2) is 24.3 Å². The molecule has 0 atom stereocenters. The maximum absolute atomic E-state index is 12.5. The van der Waals surface area contributed by atoms with Crippen LogP contribution in [0.5, 0.6) is 0 Å². The van der Waals surface area contributed by atoms with Gasteiger partial charge in [0.2, 0.25) is 0 Å². The van der Waals surface area contributed by atoms with Gasteiger partial charge in [-0.2, -0.15) is 0 Å². The third-order valence-electron chi connectivity index (χ3n) is 6.44. The first kappa shape index (κ1) is 20.8. The van der Waals surface area contributed by atoms with E-state index in [2.05, 4.69) is 10.6 Å². The second-order valence-corrected chi connectivity index (χ2v) is 8.43. The second kappa shape index (κ2) is 10.0. The Morgan fingerprint density at radius 1 is 0.679 bits per heavy atom. The monoisotopic (exact) mass is 386 g/mol. The van der Waals surface area contributed by atoms with Crippen molar-refractivity contribution in [2.75, 3.05) is 13.1 Å². The highest BCUT2D eigenvalue weighted by Gasteiger charge is 2.23. The molecule has 2 fully saturated rings. The Bertz CT molecular complexity index is 588. The minimum atomic E-state index is -0.0664. The van der Waals surface area contributed by atoms with Gasteiger partial charge in [-0.3, -0.25) is 9.59 Å².